The SMILES string of the molecule is C=C(C)c1c(COCC2CO2)ccc(COCC2CO2)c1COCC1CO1. The highest BCUT2D eigenvalue weighted by atomic mass is 16.6. The van der Waals surface area contributed by atoms with E-state index in [-0.39, 0.29) is 18.3 Å². The van der Waals surface area contributed by atoms with Crippen molar-refractivity contribution in [3.63, 3.8) is 0 Å². The van der Waals surface area contributed by atoms with E-state index < -0.39 is 0 Å². The first-order chi connectivity index (χ1) is 13.2. The highest BCUT2D eigenvalue weighted by Crippen LogP contribution is 2.29. The molecule has 0 aliphatic carbocycles. The summed E-state index contributed by atoms with van der Waals surface area (Å²) in [6.45, 7) is 12.1. The summed E-state index contributed by atoms with van der Waals surface area (Å²) in [6, 6.07) is 4.22. The zero-order chi connectivity index (χ0) is 18.6. The van der Waals surface area contributed by atoms with Gasteiger partial charge in [0.05, 0.1) is 59.5 Å². The van der Waals surface area contributed by atoms with Crippen LogP contribution in [0, 0.1) is 0 Å². The normalized spacial score (nSPS) is 25.4. The van der Waals surface area contributed by atoms with Crippen LogP contribution in [0.4, 0.5) is 0 Å². The van der Waals surface area contributed by atoms with Gasteiger partial charge in [0.1, 0.15) is 18.3 Å². The second-order valence-corrected chi connectivity index (χ2v) is 7.43. The Balaban J connectivity index is 1.47. The molecule has 0 bridgehead atoms. The molecule has 6 heteroatoms. The summed E-state index contributed by atoms with van der Waals surface area (Å²) >= 11 is 0. The maximum absolute atomic E-state index is 5.92. The summed E-state index contributed by atoms with van der Waals surface area (Å²) in [7, 11) is 0. The molecule has 3 heterocycles. The summed E-state index contributed by atoms with van der Waals surface area (Å²) in [5.74, 6) is 0. The third-order valence-electron chi connectivity index (χ3n) is 4.80. The van der Waals surface area contributed by atoms with Crippen LogP contribution in [0.3, 0.4) is 0 Å². The number of allylic oxidation sites excluding steroid dienone is 1. The molecule has 3 atom stereocenters. The number of ether oxygens (including phenoxy) is 6. The van der Waals surface area contributed by atoms with E-state index in [0.717, 1.165) is 47.6 Å². The van der Waals surface area contributed by atoms with E-state index in [1.54, 1.807) is 0 Å². The Bertz CT molecular complexity index is 661. The minimum Gasteiger partial charge on any atom is -0.374 e. The molecule has 0 amide bonds. The lowest BCUT2D eigenvalue weighted by Gasteiger charge is -2.19. The van der Waals surface area contributed by atoms with Gasteiger partial charge >= 0.3 is 0 Å². The highest BCUT2D eigenvalue weighted by molar-refractivity contribution is 5.69. The van der Waals surface area contributed by atoms with Gasteiger partial charge in [0, 0.05) is 0 Å². The summed E-state index contributed by atoms with van der Waals surface area (Å²) in [5.41, 5.74) is 5.50. The molecule has 0 radical (unpaired) electrons. The van der Waals surface area contributed by atoms with Crippen molar-refractivity contribution in [2.75, 3.05) is 39.6 Å². The fourth-order valence-corrected chi connectivity index (χ4v) is 3.08. The number of hydrogen-bond donors (Lipinski definition) is 0. The van der Waals surface area contributed by atoms with Crippen LogP contribution in [-0.2, 0) is 48.2 Å². The third-order valence-corrected chi connectivity index (χ3v) is 4.80. The van der Waals surface area contributed by atoms with Crippen molar-refractivity contribution < 1.29 is 28.4 Å². The van der Waals surface area contributed by atoms with Crippen LogP contribution in [0.5, 0.6) is 0 Å². The lowest BCUT2D eigenvalue weighted by atomic mass is 9.92. The molecule has 6 nitrogen and oxygen atoms in total. The topological polar surface area (TPSA) is 65.3 Å². The van der Waals surface area contributed by atoms with Crippen LogP contribution in [0.1, 0.15) is 29.2 Å². The van der Waals surface area contributed by atoms with Crippen LogP contribution < -0.4 is 0 Å². The molecule has 148 valence electrons. The standard InChI is InChI=1S/C21H28O6/c1-14(2)21-16(6-23-8-18-11-26-18)4-3-15(5-22-7-17-10-25-17)20(21)13-24-9-19-12-27-19/h3-4,17-19H,1,5-13H2,2H3. The van der Waals surface area contributed by atoms with Gasteiger partial charge < -0.3 is 28.4 Å². The molecule has 4 rings (SSSR count). The molecular weight excluding hydrogens is 348 g/mol. The van der Waals surface area contributed by atoms with Crippen molar-refractivity contribution in [3.8, 4) is 0 Å². The maximum Gasteiger partial charge on any atom is 0.104 e. The molecule has 3 unspecified atom stereocenters. The smallest absolute Gasteiger partial charge is 0.104 e. The molecule has 3 saturated heterocycles. The molecule has 1 aromatic rings. The Labute approximate surface area is 160 Å². The first kappa shape index (κ1) is 19.1. The minimum absolute atomic E-state index is 0.245. The number of rotatable bonds is 13. The summed E-state index contributed by atoms with van der Waals surface area (Å²) in [6.07, 6.45) is 0.765. The molecule has 27 heavy (non-hydrogen) atoms. The van der Waals surface area contributed by atoms with Crippen LogP contribution in [0.25, 0.3) is 5.57 Å². The van der Waals surface area contributed by atoms with Gasteiger partial charge in [0.15, 0.2) is 0 Å². The lowest BCUT2D eigenvalue weighted by Crippen LogP contribution is -2.11. The van der Waals surface area contributed by atoms with Crippen molar-refractivity contribution in [1.82, 2.24) is 0 Å². The lowest BCUT2D eigenvalue weighted by molar-refractivity contribution is 0.0905. The second kappa shape index (κ2) is 8.82. The number of epoxide rings is 3. The average molecular weight is 376 g/mol. The van der Waals surface area contributed by atoms with Gasteiger partial charge in [-0.05, 0) is 29.2 Å². The van der Waals surface area contributed by atoms with Crippen molar-refractivity contribution in [3.05, 3.63) is 41.0 Å². The second-order valence-electron chi connectivity index (χ2n) is 7.43. The van der Waals surface area contributed by atoms with E-state index in [0.29, 0.717) is 39.6 Å². The van der Waals surface area contributed by atoms with E-state index >= 15 is 0 Å². The summed E-state index contributed by atoms with van der Waals surface area (Å²) in [5, 5.41) is 0. The maximum atomic E-state index is 5.92. The summed E-state index contributed by atoms with van der Waals surface area (Å²) in [4.78, 5) is 0. The Hall–Kier alpha value is -1.28. The molecule has 0 saturated carbocycles. The van der Waals surface area contributed by atoms with E-state index in [9.17, 15) is 0 Å². The fourth-order valence-electron chi connectivity index (χ4n) is 3.08. The molecule has 3 aliphatic heterocycles. The molecule has 1 aromatic carbocycles. The van der Waals surface area contributed by atoms with Gasteiger partial charge in [-0.15, -0.1) is 0 Å². The predicted molar refractivity (Wildman–Crippen MR) is 99.3 cm³/mol. The van der Waals surface area contributed by atoms with Gasteiger partial charge in [0.25, 0.3) is 0 Å². The Morgan fingerprint density at radius 2 is 1.30 bits per heavy atom. The minimum atomic E-state index is 0.245. The van der Waals surface area contributed by atoms with E-state index in [1.807, 2.05) is 6.92 Å². The van der Waals surface area contributed by atoms with E-state index in [1.165, 1.54) is 0 Å². The number of benzene rings is 1. The number of hydrogen-bond acceptors (Lipinski definition) is 6. The van der Waals surface area contributed by atoms with Crippen LogP contribution in [-0.4, -0.2) is 58.0 Å². The van der Waals surface area contributed by atoms with Crippen molar-refractivity contribution >= 4 is 5.57 Å². The van der Waals surface area contributed by atoms with E-state index in [2.05, 4.69) is 18.7 Å². The monoisotopic (exact) mass is 376 g/mol. The Kier molecular flexibility index (Phi) is 6.22. The van der Waals surface area contributed by atoms with Gasteiger partial charge in [-0.1, -0.05) is 24.3 Å². The zero-order valence-electron chi connectivity index (χ0n) is 15.9. The third kappa shape index (κ3) is 5.85. The van der Waals surface area contributed by atoms with Crippen molar-refractivity contribution in [2.45, 2.75) is 45.1 Å². The average Bonchev–Trinajstić information content (AvgIpc) is 3.49. The van der Waals surface area contributed by atoms with Crippen molar-refractivity contribution in [2.24, 2.45) is 0 Å². The quantitative estimate of drug-likeness (QED) is 0.493. The zero-order valence-corrected chi connectivity index (χ0v) is 15.9. The van der Waals surface area contributed by atoms with Gasteiger partial charge in [-0.2, -0.15) is 0 Å². The molecule has 0 aromatic heterocycles. The first-order valence-electron chi connectivity index (χ1n) is 9.58. The summed E-state index contributed by atoms with van der Waals surface area (Å²) < 4.78 is 33.3. The fraction of sp³-hybridized carbons (Fsp3) is 0.619. The Morgan fingerprint density at radius 3 is 1.78 bits per heavy atom. The van der Waals surface area contributed by atoms with Crippen LogP contribution in [0.2, 0.25) is 0 Å². The highest BCUT2D eigenvalue weighted by Gasteiger charge is 2.25. The van der Waals surface area contributed by atoms with E-state index in [4.69, 9.17) is 28.4 Å². The molecule has 0 spiro atoms. The van der Waals surface area contributed by atoms with Gasteiger partial charge in [-0.3, -0.25) is 0 Å². The predicted octanol–water partition coefficient (Wildman–Crippen LogP) is 2.47. The van der Waals surface area contributed by atoms with Gasteiger partial charge in [0.2, 0.25) is 0 Å². The first-order valence-corrected chi connectivity index (χ1v) is 9.58. The molecule has 3 aliphatic rings. The van der Waals surface area contributed by atoms with Crippen LogP contribution >= 0.6 is 0 Å². The molecule has 0 N–H and O–H groups in total. The largest absolute Gasteiger partial charge is 0.374 e. The van der Waals surface area contributed by atoms with Crippen LogP contribution in [0.15, 0.2) is 18.7 Å². The molecular formula is C21H28O6. The van der Waals surface area contributed by atoms with Gasteiger partial charge in [-0.25, -0.2) is 0 Å². The Morgan fingerprint density at radius 1 is 0.852 bits per heavy atom. The van der Waals surface area contributed by atoms with Crippen molar-refractivity contribution in [1.29, 1.82) is 0 Å². The molecule has 3 fully saturated rings.